The Morgan fingerprint density at radius 3 is 2.71 bits per heavy atom. The molecule has 2 fully saturated rings. The van der Waals surface area contributed by atoms with Gasteiger partial charge in [-0.25, -0.2) is 0 Å². The van der Waals surface area contributed by atoms with Crippen molar-refractivity contribution in [1.29, 1.82) is 0 Å². The van der Waals surface area contributed by atoms with E-state index in [0.29, 0.717) is 13.0 Å². The minimum atomic E-state index is -0.547. The number of carbonyl (C=O) groups is 3. The Kier molecular flexibility index (Phi) is 5.69. The van der Waals surface area contributed by atoms with Crippen LogP contribution in [0.3, 0.4) is 0 Å². The maximum atomic E-state index is 12.2. The summed E-state index contributed by atoms with van der Waals surface area (Å²) in [6.07, 6.45) is 2.82. The van der Waals surface area contributed by atoms with E-state index in [1.807, 2.05) is 6.92 Å². The predicted octanol–water partition coefficient (Wildman–Crippen LogP) is -0.591. The molecule has 2 heterocycles. The minimum Gasteiger partial charge on any atom is -0.378 e. The van der Waals surface area contributed by atoms with Crippen LogP contribution in [0, 0.1) is 0 Å². The van der Waals surface area contributed by atoms with Crippen molar-refractivity contribution in [2.24, 2.45) is 0 Å². The molecule has 1 atom stereocenters. The third-order valence-electron chi connectivity index (χ3n) is 3.92. The summed E-state index contributed by atoms with van der Waals surface area (Å²) in [5.74, 6) is -1.00. The number of nitrogens with one attached hydrogen (secondary N) is 2. The van der Waals surface area contributed by atoms with Gasteiger partial charge in [-0.2, -0.15) is 0 Å². The summed E-state index contributed by atoms with van der Waals surface area (Å²) in [6.45, 7) is 4.00. The maximum Gasteiger partial charge on any atom is 0.249 e. The smallest absolute Gasteiger partial charge is 0.249 e. The summed E-state index contributed by atoms with van der Waals surface area (Å²) in [4.78, 5) is 36.7. The predicted molar refractivity (Wildman–Crippen MR) is 75.4 cm³/mol. The second-order valence-corrected chi connectivity index (χ2v) is 5.43. The van der Waals surface area contributed by atoms with E-state index < -0.39 is 11.9 Å². The lowest BCUT2D eigenvalue weighted by Crippen LogP contribution is -2.59. The second-order valence-electron chi connectivity index (χ2n) is 5.43. The number of rotatable bonds is 5. The van der Waals surface area contributed by atoms with Gasteiger partial charge in [0.2, 0.25) is 17.7 Å². The second kappa shape index (κ2) is 7.51. The molecule has 3 amide bonds. The molecule has 0 aromatic rings. The van der Waals surface area contributed by atoms with Crippen LogP contribution in [-0.2, 0) is 19.1 Å². The van der Waals surface area contributed by atoms with Crippen molar-refractivity contribution < 1.29 is 19.1 Å². The van der Waals surface area contributed by atoms with Crippen LogP contribution in [0.5, 0.6) is 0 Å². The number of carbonyl (C=O) groups excluding carboxylic acids is 3. The summed E-state index contributed by atoms with van der Waals surface area (Å²) < 4.78 is 5.69. The van der Waals surface area contributed by atoms with Crippen molar-refractivity contribution in [3.05, 3.63) is 0 Å². The molecule has 0 spiro atoms. The van der Waals surface area contributed by atoms with Crippen molar-refractivity contribution in [2.45, 2.75) is 44.8 Å². The van der Waals surface area contributed by atoms with Crippen molar-refractivity contribution in [1.82, 2.24) is 15.5 Å². The highest BCUT2D eigenvalue weighted by molar-refractivity contribution is 6.04. The Morgan fingerprint density at radius 2 is 2.05 bits per heavy atom. The van der Waals surface area contributed by atoms with Crippen molar-refractivity contribution in [2.75, 3.05) is 26.2 Å². The molecular formula is C14H23N3O4. The zero-order chi connectivity index (χ0) is 15.2. The molecule has 2 N–H and O–H groups in total. The van der Waals surface area contributed by atoms with Gasteiger partial charge in [-0.05, 0) is 32.4 Å². The molecule has 118 valence electrons. The SMILES string of the molecule is CCC1C(=O)NC(=O)CN1C(=O)CCOC1CCNCC1. The van der Waals surface area contributed by atoms with Crippen LogP contribution >= 0.6 is 0 Å². The van der Waals surface area contributed by atoms with Crippen molar-refractivity contribution >= 4 is 17.7 Å². The average molecular weight is 297 g/mol. The molecule has 2 aliphatic heterocycles. The van der Waals surface area contributed by atoms with Gasteiger partial charge in [0, 0.05) is 0 Å². The topological polar surface area (TPSA) is 87.7 Å². The van der Waals surface area contributed by atoms with Gasteiger partial charge in [0.25, 0.3) is 0 Å². The molecule has 7 heteroatoms. The van der Waals surface area contributed by atoms with Gasteiger partial charge in [0.1, 0.15) is 12.6 Å². The van der Waals surface area contributed by atoms with Crippen molar-refractivity contribution in [3.63, 3.8) is 0 Å². The van der Waals surface area contributed by atoms with Gasteiger partial charge in [-0.3, -0.25) is 19.7 Å². The first-order chi connectivity index (χ1) is 10.1. The number of amides is 3. The van der Waals surface area contributed by atoms with Crippen molar-refractivity contribution in [3.8, 4) is 0 Å². The number of ether oxygens (including phenoxy) is 1. The number of imide groups is 1. The number of piperazine rings is 1. The summed E-state index contributed by atoms with van der Waals surface area (Å²) in [5.41, 5.74) is 0. The van der Waals surface area contributed by atoms with Gasteiger partial charge in [-0.1, -0.05) is 6.92 Å². The van der Waals surface area contributed by atoms with E-state index >= 15 is 0 Å². The third kappa shape index (κ3) is 4.25. The van der Waals surface area contributed by atoms with E-state index in [4.69, 9.17) is 4.74 Å². The van der Waals surface area contributed by atoms with E-state index in [-0.39, 0.29) is 30.9 Å². The molecule has 21 heavy (non-hydrogen) atoms. The van der Waals surface area contributed by atoms with Crippen LogP contribution in [0.15, 0.2) is 0 Å². The molecule has 2 aliphatic rings. The van der Waals surface area contributed by atoms with E-state index in [1.165, 1.54) is 4.90 Å². The summed E-state index contributed by atoms with van der Waals surface area (Å²) >= 11 is 0. The highest BCUT2D eigenvalue weighted by atomic mass is 16.5. The lowest BCUT2D eigenvalue weighted by Gasteiger charge is -2.33. The molecular weight excluding hydrogens is 274 g/mol. The summed E-state index contributed by atoms with van der Waals surface area (Å²) in [5, 5.41) is 5.51. The molecule has 2 rings (SSSR count). The van der Waals surface area contributed by atoms with Crippen LogP contribution in [0.25, 0.3) is 0 Å². The summed E-state index contributed by atoms with van der Waals surface area (Å²) in [7, 11) is 0. The van der Waals surface area contributed by atoms with Crippen LogP contribution in [-0.4, -0.2) is 61.0 Å². The maximum absolute atomic E-state index is 12.2. The molecule has 0 aromatic heterocycles. The van der Waals surface area contributed by atoms with Gasteiger partial charge < -0.3 is 15.0 Å². The molecule has 0 saturated carbocycles. The summed E-state index contributed by atoms with van der Waals surface area (Å²) in [6, 6.07) is -0.547. The molecule has 0 bridgehead atoms. The largest absolute Gasteiger partial charge is 0.378 e. The van der Waals surface area contributed by atoms with Gasteiger partial charge in [0.15, 0.2) is 0 Å². The fourth-order valence-electron chi connectivity index (χ4n) is 2.75. The Bertz CT molecular complexity index is 407. The van der Waals surface area contributed by atoms with E-state index in [2.05, 4.69) is 10.6 Å². The zero-order valence-corrected chi connectivity index (χ0v) is 12.4. The Labute approximate surface area is 124 Å². The standard InChI is InChI=1S/C14H23N3O4/c1-2-11-14(20)16-12(18)9-17(11)13(19)5-8-21-10-3-6-15-7-4-10/h10-11,15H,2-9H2,1H3,(H,16,18,20). The van der Waals surface area contributed by atoms with Gasteiger partial charge in [-0.15, -0.1) is 0 Å². The number of hydrogen-bond acceptors (Lipinski definition) is 5. The Morgan fingerprint density at radius 1 is 1.33 bits per heavy atom. The van der Waals surface area contributed by atoms with E-state index in [0.717, 1.165) is 25.9 Å². The molecule has 0 aromatic carbocycles. The van der Waals surface area contributed by atoms with Crippen LogP contribution in [0.1, 0.15) is 32.6 Å². The molecule has 1 unspecified atom stereocenters. The van der Waals surface area contributed by atoms with Crippen LogP contribution in [0.4, 0.5) is 0 Å². The molecule has 2 saturated heterocycles. The first-order valence-corrected chi connectivity index (χ1v) is 7.57. The molecule has 0 aliphatic carbocycles. The molecule has 0 radical (unpaired) electrons. The average Bonchev–Trinajstić information content (AvgIpc) is 2.47. The quantitative estimate of drug-likeness (QED) is 0.662. The normalized spacial score (nSPS) is 24.0. The Hall–Kier alpha value is -1.47. The van der Waals surface area contributed by atoms with Gasteiger partial charge >= 0.3 is 0 Å². The Balaban J connectivity index is 1.80. The fourth-order valence-corrected chi connectivity index (χ4v) is 2.75. The highest BCUT2D eigenvalue weighted by Gasteiger charge is 2.35. The van der Waals surface area contributed by atoms with Crippen LogP contribution < -0.4 is 10.6 Å². The number of nitrogens with zero attached hydrogens (tertiary/aromatic N) is 1. The van der Waals surface area contributed by atoms with E-state index in [1.54, 1.807) is 0 Å². The highest BCUT2D eigenvalue weighted by Crippen LogP contribution is 2.12. The molecule has 7 nitrogen and oxygen atoms in total. The zero-order valence-electron chi connectivity index (χ0n) is 12.4. The number of piperidine rings is 1. The van der Waals surface area contributed by atoms with Crippen LogP contribution in [0.2, 0.25) is 0 Å². The fraction of sp³-hybridized carbons (Fsp3) is 0.786. The number of hydrogen-bond donors (Lipinski definition) is 2. The third-order valence-corrected chi connectivity index (χ3v) is 3.92. The minimum absolute atomic E-state index is 0.0452. The monoisotopic (exact) mass is 297 g/mol. The lowest BCUT2D eigenvalue weighted by atomic mass is 10.1. The van der Waals surface area contributed by atoms with Gasteiger partial charge in [0.05, 0.1) is 19.1 Å². The first kappa shape index (κ1) is 15.9. The van der Waals surface area contributed by atoms with E-state index in [9.17, 15) is 14.4 Å². The lowest BCUT2D eigenvalue weighted by molar-refractivity contribution is -0.151. The first-order valence-electron chi connectivity index (χ1n) is 7.57.